The highest BCUT2D eigenvalue weighted by molar-refractivity contribution is 7.61. The van der Waals surface area contributed by atoms with Crippen molar-refractivity contribution in [1.82, 2.24) is 0 Å². The summed E-state index contributed by atoms with van der Waals surface area (Å²) in [4.78, 5) is 0. The number of aliphatic hydroxyl groups is 1. The predicted octanol–water partition coefficient (Wildman–Crippen LogP) is 3.21. The lowest BCUT2D eigenvalue weighted by Crippen LogP contribution is -2.00. The van der Waals surface area contributed by atoms with Gasteiger partial charge in [-0.2, -0.15) is 0 Å². The Morgan fingerprint density at radius 1 is 1.20 bits per heavy atom. The molecule has 0 fully saturated rings. The van der Waals surface area contributed by atoms with E-state index in [2.05, 4.69) is 0 Å². The summed E-state index contributed by atoms with van der Waals surface area (Å²) in [5, 5.41) is 9.30. The van der Waals surface area contributed by atoms with Crippen molar-refractivity contribution in [2.24, 2.45) is 0 Å². The van der Waals surface area contributed by atoms with E-state index in [1.807, 2.05) is 0 Å². The second-order valence-corrected chi connectivity index (χ2v) is 4.96. The number of aliphatic hydroxyl groups excluding tert-OH is 1. The third-order valence-electron chi connectivity index (χ3n) is 1.30. The Bertz CT molecular complexity index is 256. The van der Waals surface area contributed by atoms with Gasteiger partial charge in [-0.3, -0.25) is 4.57 Å². The van der Waals surface area contributed by atoms with Gasteiger partial charge in [0.1, 0.15) is 0 Å². The molecule has 0 bridgehead atoms. The summed E-state index contributed by atoms with van der Waals surface area (Å²) in [5.41, 5.74) is 0. The molecule has 0 amide bonds. The minimum atomic E-state index is -3.63. The van der Waals surface area contributed by atoms with Crippen LogP contribution in [0.1, 0.15) is 20.8 Å². The summed E-state index contributed by atoms with van der Waals surface area (Å²) in [5.74, 6) is -0.621. The van der Waals surface area contributed by atoms with Crippen molar-refractivity contribution in [2.75, 3.05) is 19.8 Å². The van der Waals surface area contributed by atoms with Crippen molar-refractivity contribution in [3.63, 3.8) is 0 Å². The summed E-state index contributed by atoms with van der Waals surface area (Å²) in [7, 11) is -3.63. The van der Waals surface area contributed by atoms with Crippen LogP contribution in [0.25, 0.3) is 0 Å². The van der Waals surface area contributed by atoms with Crippen LogP contribution < -0.4 is 0 Å². The highest BCUT2D eigenvalue weighted by Gasteiger charge is 2.33. The summed E-state index contributed by atoms with van der Waals surface area (Å²) < 4.78 is 26.1. The zero-order chi connectivity index (χ0) is 11.9. The van der Waals surface area contributed by atoms with Gasteiger partial charge in [0.05, 0.1) is 19.8 Å². The van der Waals surface area contributed by atoms with Crippen LogP contribution in [0.3, 0.4) is 0 Å². The van der Waals surface area contributed by atoms with Crippen molar-refractivity contribution in [3.05, 3.63) is 10.7 Å². The molecule has 0 saturated heterocycles. The smallest absolute Gasteiger partial charge is 0.379 e. The first kappa shape index (κ1) is 14.8. The fourth-order valence-electron chi connectivity index (χ4n) is 0.804. The SMILES string of the molecule is CCO/C(O)=C(\Cl)P(=O)(OCC)OCC. The monoisotopic (exact) mass is 258 g/mol. The topological polar surface area (TPSA) is 65.0 Å². The van der Waals surface area contributed by atoms with Gasteiger partial charge < -0.3 is 18.9 Å². The molecule has 7 heteroatoms. The van der Waals surface area contributed by atoms with Crippen molar-refractivity contribution in [3.8, 4) is 0 Å². The molecule has 0 heterocycles. The van der Waals surface area contributed by atoms with Crippen molar-refractivity contribution in [2.45, 2.75) is 20.8 Å². The van der Waals surface area contributed by atoms with E-state index in [9.17, 15) is 9.67 Å². The van der Waals surface area contributed by atoms with Gasteiger partial charge in [0.2, 0.25) is 4.77 Å². The van der Waals surface area contributed by atoms with Crippen LogP contribution in [0.5, 0.6) is 0 Å². The molecule has 0 unspecified atom stereocenters. The normalized spacial score (nSPS) is 13.6. The highest BCUT2D eigenvalue weighted by atomic mass is 35.5. The fraction of sp³-hybridized carbons (Fsp3) is 0.750. The molecule has 5 nitrogen and oxygen atoms in total. The first-order valence-corrected chi connectivity index (χ1v) is 6.55. The second kappa shape index (κ2) is 7.12. The van der Waals surface area contributed by atoms with E-state index < -0.39 is 18.3 Å². The van der Waals surface area contributed by atoms with Gasteiger partial charge in [-0.25, -0.2) is 0 Å². The Balaban J connectivity index is 4.90. The number of rotatable bonds is 7. The number of ether oxygens (including phenoxy) is 1. The lowest BCUT2D eigenvalue weighted by Gasteiger charge is -2.16. The zero-order valence-electron chi connectivity index (χ0n) is 9.03. The standard InChI is InChI=1S/C8H16ClO5P/c1-4-12-8(10)7(9)15(11,13-5-2)14-6-3/h10H,4-6H2,1-3H3/b8-7+. The van der Waals surface area contributed by atoms with E-state index in [1.54, 1.807) is 20.8 Å². The van der Waals surface area contributed by atoms with Crippen LogP contribution in [0.15, 0.2) is 10.7 Å². The van der Waals surface area contributed by atoms with E-state index >= 15 is 0 Å². The average molecular weight is 259 g/mol. The van der Waals surface area contributed by atoms with E-state index in [4.69, 9.17) is 25.4 Å². The summed E-state index contributed by atoms with van der Waals surface area (Å²) in [6, 6.07) is 0. The lowest BCUT2D eigenvalue weighted by atomic mass is 10.8. The number of hydrogen-bond acceptors (Lipinski definition) is 5. The maximum Gasteiger partial charge on any atom is 0.379 e. The Kier molecular flexibility index (Phi) is 7.02. The molecule has 0 atom stereocenters. The Morgan fingerprint density at radius 2 is 1.67 bits per heavy atom. The maximum atomic E-state index is 12.0. The molecule has 0 aliphatic rings. The quantitative estimate of drug-likeness (QED) is 0.561. The van der Waals surface area contributed by atoms with Crippen LogP contribution in [0.4, 0.5) is 0 Å². The zero-order valence-corrected chi connectivity index (χ0v) is 10.7. The van der Waals surface area contributed by atoms with E-state index in [0.29, 0.717) is 0 Å². The summed E-state index contributed by atoms with van der Waals surface area (Å²) in [6.07, 6.45) is 0. The maximum absolute atomic E-state index is 12.0. The van der Waals surface area contributed by atoms with E-state index in [-0.39, 0.29) is 19.8 Å². The molecule has 0 spiro atoms. The molecule has 0 aromatic heterocycles. The molecular weight excluding hydrogens is 243 g/mol. The highest BCUT2D eigenvalue weighted by Crippen LogP contribution is 2.58. The third-order valence-corrected chi connectivity index (χ3v) is 3.95. The van der Waals surface area contributed by atoms with Gasteiger partial charge in [0.15, 0.2) is 0 Å². The van der Waals surface area contributed by atoms with Crippen molar-refractivity contribution in [1.29, 1.82) is 0 Å². The summed E-state index contributed by atoms with van der Waals surface area (Å²) >= 11 is 5.67. The van der Waals surface area contributed by atoms with E-state index in [0.717, 1.165) is 0 Å². The van der Waals surface area contributed by atoms with Gasteiger partial charge >= 0.3 is 13.5 Å². The van der Waals surface area contributed by atoms with Gasteiger partial charge in [0, 0.05) is 0 Å². The van der Waals surface area contributed by atoms with Gasteiger partial charge in [-0.05, 0) is 20.8 Å². The predicted molar refractivity (Wildman–Crippen MR) is 58.0 cm³/mol. The molecule has 1 N–H and O–H groups in total. The van der Waals surface area contributed by atoms with Crippen LogP contribution in [0.2, 0.25) is 0 Å². The third kappa shape index (κ3) is 4.43. The second-order valence-electron chi connectivity index (χ2n) is 2.36. The molecule has 0 radical (unpaired) electrons. The van der Waals surface area contributed by atoms with Crippen LogP contribution >= 0.6 is 19.2 Å². The molecule has 90 valence electrons. The molecule has 0 aliphatic heterocycles. The molecule has 0 aromatic carbocycles. The van der Waals surface area contributed by atoms with Crippen molar-refractivity contribution < 1.29 is 23.5 Å². The van der Waals surface area contributed by atoms with Gasteiger partial charge in [-0.1, -0.05) is 11.6 Å². The van der Waals surface area contributed by atoms with Crippen molar-refractivity contribution >= 4 is 19.2 Å². The molecule has 0 saturated carbocycles. The minimum absolute atomic E-state index is 0.160. The van der Waals surface area contributed by atoms with Crippen LogP contribution in [-0.4, -0.2) is 24.9 Å². The van der Waals surface area contributed by atoms with Crippen LogP contribution in [0, 0.1) is 0 Å². The Morgan fingerprint density at radius 3 is 2.00 bits per heavy atom. The Hall–Kier alpha value is -0.220. The molecule has 0 rings (SSSR count). The van der Waals surface area contributed by atoms with Crippen LogP contribution in [-0.2, 0) is 18.3 Å². The number of hydrogen-bond donors (Lipinski definition) is 1. The minimum Gasteiger partial charge on any atom is -0.480 e. The first-order chi connectivity index (χ1) is 7.01. The molecular formula is C8H16ClO5P. The first-order valence-electron chi connectivity index (χ1n) is 4.63. The fourth-order valence-corrected chi connectivity index (χ4v) is 2.43. The summed E-state index contributed by atoms with van der Waals surface area (Å²) in [6.45, 7) is 5.48. The average Bonchev–Trinajstić information content (AvgIpc) is 2.17. The van der Waals surface area contributed by atoms with Gasteiger partial charge in [0.25, 0.3) is 0 Å². The molecule has 0 aromatic rings. The largest absolute Gasteiger partial charge is 0.480 e. The van der Waals surface area contributed by atoms with Gasteiger partial charge in [-0.15, -0.1) is 0 Å². The van der Waals surface area contributed by atoms with E-state index in [1.165, 1.54) is 0 Å². The number of halogens is 1. The Labute approximate surface area is 94.5 Å². The molecule has 15 heavy (non-hydrogen) atoms. The molecule has 0 aliphatic carbocycles. The lowest BCUT2D eigenvalue weighted by molar-refractivity contribution is 0.100.